The summed E-state index contributed by atoms with van der Waals surface area (Å²) in [6, 6.07) is 17.9. The Balaban J connectivity index is 1.23. The fourth-order valence-corrected chi connectivity index (χ4v) is 9.55. The minimum Gasteiger partial charge on any atom is -0.507 e. The zero-order chi connectivity index (χ0) is 32.1. The molecule has 0 radical (unpaired) electrons. The van der Waals surface area contributed by atoms with Crippen LogP contribution in [0.25, 0.3) is 10.8 Å². The average molecular weight is 661 g/mol. The van der Waals surface area contributed by atoms with Crippen molar-refractivity contribution in [3.63, 3.8) is 0 Å². The topological polar surface area (TPSA) is 107 Å². The molecule has 0 unspecified atom stereocenters. The van der Waals surface area contributed by atoms with E-state index in [1.165, 1.54) is 11.9 Å². The Hall–Kier alpha value is -3.92. The summed E-state index contributed by atoms with van der Waals surface area (Å²) in [5.41, 5.74) is 2.80. The van der Waals surface area contributed by atoms with Crippen molar-refractivity contribution < 1.29 is 29.0 Å². The van der Waals surface area contributed by atoms with E-state index in [4.69, 9.17) is 27.9 Å². The number of ether oxygens (including phenoxy) is 1. The van der Waals surface area contributed by atoms with Crippen LogP contribution in [-0.4, -0.2) is 76.7 Å². The molecular weight excluding hydrogens is 629 g/mol. The third-order valence-electron chi connectivity index (χ3n) is 10.7. The highest BCUT2D eigenvalue weighted by Crippen LogP contribution is 2.66. The number of hydrogen-bond donors (Lipinski definition) is 1. The maximum Gasteiger partial charge on any atom is 0.253 e. The molecule has 1 N–H and O–H groups in total. The van der Waals surface area contributed by atoms with Crippen LogP contribution in [0.5, 0.6) is 5.75 Å². The maximum atomic E-state index is 14.4. The highest BCUT2D eigenvalue weighted by molar-refractivity contribution is 6.53. The number of carbonyl (C=O) groups excluding carboxylic acids is 4. The van der Waals surface area contributed by atoms with E-state index >= 15 is 0 Å². The minimum atomic E-state index is -1.89. The Morgan fingerprint density at radius 1 is 0.826 bits per heavy atom. The molecule has 3 aromatic carbocycles. The first-order valence-corrected chi connectivity index (χ1v) is 16.2. The largest absolute Gasteiger partial charge is 0.507 e. The van der Waals surface area contributed by atoms with Crippen molar-refractivity contribution in [1.82, 2.24) is 4.90 Å². The lowest BCUT2D eigenvalue weighted by Gasteiger charge is -2.51. The quantitative estimate of drug-likeness (QED) is 0.249. The minimum absolute atomic E-state index is 0.0583. The van der Waals surface area contributed by atoms with Crippen LogP contribution in [-0.2, 0) is 23.9 Å². The van der Waals surface area contributed by atoms with Gasteiger partial charge in [-0.3, -0.25) is 29.0 Å². The van der Waals surface area contributed by atoms with Crippen molar-refractivity contribution in [3.05, 3.63) is 77.9 Å². The van der Waals surface area contributed by atoms with Gasteiger partial charge in [0.05, 0.1) is 30.7 Å². The highest BCUT2D eigenvalue weighted by atomic mass is 35.5. The molecule has 0 aromatic heterocycles. The lowest BCUT2D eigenvalue weighted by atomic mass is 9.56. The van der Waals surface area contributed by atoms with Crippen LogP contribution in [0.2, 0.25) is 0 Å². The van der Waals surface area contributed by atoms with Gasteiger partial charge in [0.1, 0.15) is 5.75 Å². The van der Waals surface area contributed by atoms with E-state index in [2.05, 4.69) is 4.90 Å². The summed E-state index contributed by atoms with van der Waals surface area (Å²) in [6.45, 7) is 2.80. The van der Waals surface area contributed by atoms with E-state index in [-0.39, 0.29) is 30.4 Å². The van der Waals surface area contributed by atoms with Crippen LogP contribution >= 0.6 is 23.2 Å². The number of fused-ring (bicyclic) bond motifs is 5. The summed E-state index contributed by atoms with van der Waals surface area (Å²) >= 11 is 14.7. The molecule has 6 atom stereocenters. The van der Waals surface area contributed by atoms with Crippen molar-refractivity contribution in [1.29, 1.82) is 0 Å². The molecule has 11 heteroatoms. The Morgan fingerprint density at radius 2 is 1.50 bits per heavy atom. The fraction of sp³-hybridized carbons (Fsp3) is 0.371. The molecule has 3 heterocycles. The zero-order valence-corrected chi connectivity index (χ0v) is 26.5. The van der Waals surface area contributed by atoms with E-state index in [1.807, 2.05) is 30.3 Å². The lowest BCUT2D eigenvalue weighted by Crippen LogP contribution is -2.60. The molecule has 5 aliphatic rings. The second-order valence-corrected chi connectivity index (χ2v) is 14.1. The number of morpholine rings is 1. The van der Waals surface area contributed by atoms with E-state index in [1.54, 1.807) is 36.4 Å². The summed E-state index contributed by atoms with van der Waals surface area (Å²) in [7, 11) is 1.37. The highest BCUT2D eigenvalue weighted by Gasteiger charge is 2.76. The number of allylic oxidation sites excluding steroid dienone is 2. The predicted octanol–water partition coefficient (Wildman–Crippen LogP) is 4.58. The predicted molar refractivity (Wildman–Crippen MR) is 173 cm³/mol. The normalized spacial score (nSPS) is 32.5. The first-order chi connectivity index (χ1) is 22.1. The van der Waals surface area contributed by atoms with Gasteiger partial charge in [-0.1, -0.05) is 42.0 Å². The number of alkyl halides is 2. The van der Waals surface area contributed by atoms with Crippen LogP contribution in [0, 0.1) is 17.8 Å². The van der Waals surface area contributed by atoms with Crippen molar-refractivity contribution in [3.8, 4) is 5.75 Å². The number of imide groups is 2. The third kappa shape index (κ3) is 3.79. The molecule has 3 aliphatic heterocycles. The number of amides is 4. The first-order valence-electron chi connectivity index (χ1n) is 15.5. The number of halogens is 2. The van der Waals surface area contributed by atoms with Crippen LogP contribution in [0.15, 0.2) is 72.3 Å². The zero-order valence-electron chi connectivity index (χ0n) is 25.0. The Kier molecular flexibility index (Phi) is 6.59. The van der Waals surface area contributed by atoms with Gasteiger partial charge in [-0.15, -0.1) is 23.2 Å². The molecule has 0 bridgehead atoms. The maximum absolute atomic E-state index is 14.4. The second kappa shape index (κ2) is 10.3. The van der Waals surface area contributed by atoms with Crippen molar-refractivity contribution in [2.45, 2.75) is 28.5 Å². The molecule has 1 saturated carbocycles. The first kappa shape index (κ1) is 29.5. The molecular formula is C35H31Cl2N3O6. The molecule has 4 fully saturated rings. The molecule has 8 rings (SSSR count). The van der Waals surface area contributed by atoms with E-state index in [0.29, 0.717) is 40.8 Å². The molecule has 3 aromatic rings. The van der Waals surface area contributed by atoms with E-state index in [0.717, 1.165) is 23.7 Å². The molecule has 2 aliphatic carbocycles. The number of hydrogen-bond acceptors (Lipinski definition) is 7. The van der Waals surface area contributed by atoms with Gasteiger partial charge in [0.2, 0.25) is 11.8 Å². The summed E-state index contributed by atoms with van der Waals surface area (Å²) in [5, 5.41) is 11.9. The molecule has 46 heavy (non-hydrogen) atoms. The van der Waals surface area contributed by atoms with Gasteiger partial charge in [-0.2, -0.15) is 0 Å². The van der Waals surface area contributed by atoms with Crippen molar-refractivity contribution in [2.75, 3.05) is 43.2 Å². The number of nitrogens with zero attached hydrogens (tertiary/aromatic N) is 3. The SMILES string of the molecule is CN1C(=O)[C@]2(Cl)C[C@@H]3C(=CC[C@@H]4C(=O)N(c5ccc(N6CCOCC6)cc5)C(=O)[C@@H]43)[C@H](c3ccc(O)c4ccccc34)[C@]2(Cl)C1=O. The molecule has 4 amide bonds. The summed E-state index contributed by atoms with van der Waals surface area (Å²) in [6.07, 6.45) is 2.12. The lowest BCUT2D eigenvalue weighted by molar-refractivity contribution is -0.138. The van der Waals surface area contributed by atoms with Gasteiger partial charge in [0, 0.05) is 37.1 Å². The van der Waals surface area contributed by atoms with Crippen LogP contribution in [0.4, 0.5) is 11.4 Å². The van der Waals surface area contributed by atoms with Gasteiger partial charge in [-0.05, 0) is 60.0 Å². The number of aromatic hydroxyl groups is 1. The van der Waals surface area contributed by atoms with Crippen molar-refractivity contribution in [2.24, 2.45) is 17.8 Å². The number of rotatable bonds is 3. The summed E-state index contributed by atoms with van der Waals surface area (Å²) < 4.78 is 5.46. The van der Waals surface area contributed by atoms with E-state index < -0.39 is 45.2 Å². The average Bonchev–Trinajstić information content (AvgIpc) is 3.40. The standard InChI is InChI=1S/C35H31Cl2N3O6/c1-38-32(44)34(36)18-26-24(29(35(34,37)33(38)45)23-12-13-27(41)22-5-3-2-4-21(22)23)10-11-25-28(26)31(43)40(30(25)42)20-8-6-19(7-9-20)39-14-16-46-17-15-39/h2-10,12-13,25-26,28-29,41H,11,14-18H2,1H3/t25-,26+,28-,29-,34+,35-/m0/s1. The Labute approximate surface area is 275 Å². The summed E-state index contributed by atoms with van der Waals surface area (Å²) in [5.74, 6) is -4.80. The van der Waals surface area contributed by atoms with Crippen LogP contribution in [0.1, 0.15) is 24.3 Å². The number of phenols is 1. The van der Waals surface area contributed by atoms with Gasteiger partial charge < -0.3 is 14.7 Å². The third-order valence-corrected chi connectivity index (χ3v) is 12.2. The number of benzene rings is 3. The molecule has 236 valence electrons. The second-order valence-electron chi connectivity index (χ2n) is 12.8. The Bertz CT molecular complexity index is 1870. The monoisotopic (exact) mass is 659 g/mol. The van der Waals surface area contributed by atoms with E-state index in [9.17, 15) is 24.3 Å². The van der Waals surface area contributed by atoms with Gasteiger partial charge >= 0.3 is 0 Å². The molecule has 0 spiro atoms. The van der Waals surface area contributed by atoms with Gasteiger partial charge in [0.15, 0.2) is 9.75 Å². The van der Waals surface area contributed by atoms with Crippen LogP contribution in [0.3, 0.4) is 0 Å². The number of carbonyl (C=O) groups is 4. The Morgan fingerprint density at radius 3 is 2.22 bits per heavy atom. The van der Waals surface area contributed by atoms with Gasteiger partial charge in [-0.25, -0.2) is 0 Å². The van der Waals surface area contributed by atoms with Gasteiger partial charge in [0.25, 0.3) is 11.8 Å². The number of anilines is 2. The smallest absolute Gasteiger partial charge is 0.253 e. The fourth-order valence-electron chi connectivity index (χ4n) is 8.54. The molecule has 3 saturated heterocycles. The van der Waals surface area contributed by atoms with Crippen LogP contribution < -0.4 is 9.80 Å². The number of likely N-dealkylation sites (tertiary alicyclic amines) is 1. The number of phenolic OH excluding ortho intramolecular Hbond substituents is 1. The molecule has 9 nitrogen and oxygen atoms in total. The summed E-state index contributed by atoms with van der Waals surface area (Å²) in [4.78, 5) is 56.7. The van der Waals surface area contributed by atoms with Crippen molar-refractivity contribution >= 4 is 69.0 Å².